The van der Waals surface area contributed by atoms with E-state index in [1.165, 1.54) is 0 Å². The number of imidazole rings is 1. The number of nitrogens with two attached hydrogens (primary N) is 1. The number of fused-ring (bicyclic) bond motifs is 1. The number of nitrogen functional groups attached to an aromatic ring is 1. The first kappa shape index (κ1) is 16.0. The van der Waals surface area contributed by atoms with E-state index in [4.69, 9.17) is 10.5 Å². The van der Waals surface area contributed by atoms with Gasteiger partial charge in [0.25, 0.3) is 0 Å². The third-order valence-electron chi connectivity index (χ3n) is 5.07. The predicted molar refractivity (Wildman–Crippen MR) is 88.1 cm³/mol. The molecule has 1 aliphatic carbocycles. The summed E-state index contributed by atoms with van der Waals surface area (Å²) in [5.41, 5.74) is 6.50. The molecule has 1 aliphatic rings. The van der Waals surface area contributed by atoms with Crippen molar-refractivity contribution >= 4 is 17.1 Å². The molecule has 2 heterocycles. The first-order valence-electron chi connectivity index (χ1n) is 8.27. The van der Waals surface area contributed by atoms with Gasteiger partial charge in [0.05, 0.1) is 18.5 Å². The van der Waals surface area contributed by atoms with Gasteiger partial charge in [-0.1, -0.05) is 20.8 Å². The largest absolute Gasteiger partial charge is 0.476 e. The Balaban J connectivity index is 2.03. The van der Waals surface area contributed by atoms with Crippen molar-refractivity contribution in [2.24, 2.45) is 11.8 Å². The zero-order chi connectivity index (χ0) is 16.8. The molecular formula is C16H25N5O2. The van der Waals surface area contributed by atoms with Crippen LogP contribution < -0.4 is 10.5 Å². The molecule has 0 aromatic carbocycles. The molecular weight excluding hydrogens is 294 g/mol. The van der Waals surface area contributed by atoms with Crippen LogP contribution in [0.5, 0.6) is 5.88 Å². The summed E-state index contributed by atoms with van der Waals surface area (Å²) in [5, 5.41) is 10.4. The zero-order valence-corrected chi connectivity index (χ0v) is 14.2. The van der Waals surface area contributed by atoms with E-state index in [0.29, 0.717) is 23.7 Å². The van der Waals surface area contributed by atoms with E-state index in [1.54, 1.807) is 6.33 Å². The first-order chi connectivity index (χ1) is 10.9. The Kier molecular flexibility index (Phi) is 3.91. The summed E-state index contributed by atoms with van der Waals surface area (Å²) in [5.74, 6) is 1.04. The number of nitrogens with zero attached hydrogens (tertiary/aromatic N) is 4. The molecule has 3 rings (SSSR count). The van der Waals surface area contributed by atoms with Gasteiger partial charge in [0, 0.05) is 12.0 Å². The lowest BCUT2D eigenvalue weighted by Gasteiger charge is -2.18. The molecule has 1 fully saturated rings. The van der Waals surface area contributed by atoms with E-state index < -0.39 is 5.60 Å². The number of anilines is 1. The molecule has 0 spiro atoms. The Morgan fingerprint density at radius 2 is 2.13 bits per heavy atom. The standard InChI is InChI=1S/C16H25N5O2/c1-5-7-23-14-12-13(19-15(17)20-14)21(8-18-12)10(6-2)11-9(3)16(11,4)22/h8-11,22H,5-7H2,1-4H3,(H2,17,19,20). The highest BCUT2D eigenvalue weighted by molar-refractivity contribution is 5.77. The van der Waals surface area contributed by atoms with Crippen LogP contribution in [0.2, 0.25) is 0 Å². The third-order valence-corrected chi connectivity index (χ3v) is 5.07. The molecule has 7 heteroatoms. The van der Waals surface area contributed by atoms with Crippen LogP contribution in [0.1, 0.15) is 46.6 Å². The molecule has 1 saturated carbocycles. The SMILES string of the molecule is CCCOc1nc(N)nc2c1ncn2C(CC)C1C(C)C1(C)O. The molecule has 7 nitrogen and oxygen atoms in total. The summed E-state index contributed by atoms with van der Waals surface area (Å²) in [6.45, 7) is 8.67. The molecule has 2 aromatic heterocycles. The number of aliphatic hydroxyl groups is 1. The second-order valence-electron chi connectivity index (χ2n) is 6.58. The van der Waals surface area contributed by atoms with E-state index in [0.717, 1.165) is 12.8 Å². The summed E-state index contributed by atoms with van der Waals surface area (Å²) in [6.07, 6.45) is 3.52. The van der Waals surface area contributed by atoms with Gasteiger partial charge < -0.3 is 20.1 Å². The normalized spacial score (nSPS) is 28.0. The smallest absolute Gasteiger partial charge is 0.247 e. The second kappa shape index (κ2) is 5.63. The van der Waals surface area contributed by atoms with Crippen LogP contribution >= 0.6 is 0 Å². The van der Waals surface area contributed by atoms with E-state index in [9.17, 15) is 5.11 Å². The van der Waals surface area contributed by atoms with Crippen molar-refractivity contribution in [2.75, 3.05) is 12.3 Å². The van der Waals surface area contributed by atoms with Crippen LogP contribution in [-0.4, -0.2) is 36.8 Å². The average Bonchev–Trinajstić information content (AvgIpc) is 2.86. The van der Waals surface area contributed by atoms with Crippen LogP contribution in [0, 0.1) is 11.8 Å². The zero-order valence-electron chi connectivity index (χ0n) is 14.2. The maximum absolute atomic E-state index is 10.4. The lowest BCUT2D eigenvalue weighted by molar-refractivity contribution is 0.129. The van der Waals surface area contributed by atoms with Gasteiger partial charge in [0.2, 0.25) is 11.8 Å². The number of ether oxygens (including phenoxy) is 1. The van der Waals surface area contributed by atoms with E-state index >= 15 is 0 Å². The molecule has 0 saturated heterocycles. The fourth-order valence-corrected chi connectivity index (χ4v) is 3.54. The van der Waals surface area contributed by atoms with Gasteiger partial charge in [-0.15, -0.1) is 0 Å². The van der Waals surface area contributed by atoms with Crippen molar-refractivity contribution < 1.29 is 9.84 Å². The number of aromatic nitrogens is 4. The Hall–Kier alpha value is -1.89. The molecule has 2 aromatic rings. The Labute approximate surface area is 135 Å². The Morgan fingerprint density at radius 1 is 1.43 bits per heavy atom. The van der Waals surface area contributed by atoms with Gasteiger partial charge >= 0.3 is 0 Å². The molecule has 3 N–H and O–H groups in total. The Morgan fingerprint density at radius 3 is 2.70 bits per heavy atom. The number of hydrogen-bond acceptors (Lipinski definition) is 6. The summed E-state index contributed by atoms with van der Waals surface area (Å²) >= 11 is 0. The summed E-state index contributed by atoms with van der Waals surface area (Å²) in [4.78, 5) is 13.0. The van der Waals surface area contributed by atoms with Crippen LogP contribution in [0.3, 0.4) is 0 Å². The lowest BCUT2D eigenvalue weighted by Crippen LogP contribution is -2.17. The number of rotatable bonds is 6. The lowest BCUT2D eigenvalue weighted by atomic mass is 10.1. The quantitative estimate of drug-likeness (QED) is 0.846. The van der Waals surface area contributed by atoms with E-state index in [2.05, 4.69) is 28.8 Å². The van der Waals surface area contributed by atoms with Crippen LogP contribution in [0.15, 0.2) is 6.33 Å². The van der Waals surface area contributed by atoms with Gasteiger partial charge in [0.15, 0.2) is 11.2 Å². The fourth-order valence-electron chi connectivity index (χ4n) is 3.54. The van der Waals surface area contributed by atoms with E-state index in [1.807, 2.05) is 18.4 Å². The van der Waals surface area contributed by atoms with Crippen LogP contribution in [-0.2, 0) is 0 Å². The van der Waals surface area contributed by atoms with Crippen LogP contribution in [0.4, 0.5) is 5.95 Å². The van der Waals surface area contributed by atoms with Gasteiger partial charge in [0.1, 0.15) is 0 Å². The van der Waals surface area contributed by atoms with Crippen molar-refractivity contribution in [2.45, 2.75) is 52.2 Å². The van der Waals surface area contributed by atoms with Crippen LogP contribution in [0.25, 0.3) is 11.2 Å². The van der Waals surface area contributed by atoms with Crippen molar-refractivity contribution in [3.8, 4) is 5.88 Å². The molecule has 0 bridgehead atoms. The van der Waals surface area contributed by atoms with Crippen molar-refractivity contribution in [1.82, 2.24) is 19.5 Å². The highest BCUT2D eigenvalue weighted by Gasteiger charge is 2.60. The van der Waals surface area contributed by atoms with Crippen molar-refractivity contribution in [1.29, 1.82) is 0 Å². The summed E-state index contributed by atoms with van der Waals surface area (Å²) < 4.78 is 7.67. The highest BCUT2D eigenvalue weighted by Crippen LogP contribution is 2.56. The highest BCUT2D eigenvalue weighted by atomic mass is 16.5. The minimum absolute atomic E-state index is 0.123. The first-order valence-corrected chi connectivity index (χ1v) is 8.27. The molecule has 4 atom stereocenters. The van der Waals surface area contributed by atoms with Gasteiger partial charge in [-0.2, -0.15) is 9.97 Å². The van der Waals surface area contributed by atoms with Crippen molar-refractivity contribution in [3.63, 3.8) is 0 Å². The topological polar surface area (TPSA) is 99.1 Å². The van der Waals surface area contributed by atoms with Gasteiger partial charge in [-0.05, 0) is 25.7 Å². The molecule has 23 heavy (non-hydrogen) atoms. The average molecular weight is 319 g/mol. The maximum Gasteiger partial charge on any atom is 0.247 e. The minimum atomic E-state index is -0.641. The molecule has 126 valence electrons. The summed E-state index contributed by atoms with van der Waals surface area (Å²) in [6, 6.07) is 0.123. The Bertz CT molecular complexity index is 712. The molecule has 0 aliphatic heterocycles. The summed E-state index contributed by atoms with van der Waals surface area (Å²) in [7, 11) is 0. The van der Waals surface area contributed by atoms with Gasteiger partial charge in [-0.25, -0.2) is 4.98 Å². The van der Waals surface area contributed by atoms with E-state index in [-0.39, 0.29) is 23.8 Å². The fraction of sp³-hybridized carbons (Fsp3) is 0.688. The monoisotopic (exact) mass is 319 g/mol. The second-order valence-corrected chi connectivity index (χ2v) is 6.58. The minimum Gasteiger partial charge on any atom is -0.476 e. The molecule has 0 amide bonds. The predicted octanol–water partition coefficient (Wildman–Crippen LogP) is 2.17. The maximum atomic E-state index is 10.4. The molecule has 4 unspecified atom stereocenters. The number of hydrogen-bond donors (Lipinski definition) is 2. The van der Waals surface area contributed by atoms with Gasteiger partial charge in [-0.3, -0.25) is 0 Å². The third kappa shape index (κ3) is 2.52. The molecule has 0 radical (unpaired) electrons. The van der Waals surface area contributed by atoms with Crippen molar-refractivity contribution in [3.05, 3.63) is 6.33 Å².